The summed E-state index contributed by atoms with van der Waals surface area (Å²) in [5.41, 5.74) is 1.06. The van der Waals surface area contributed by atoms with E-state index in [-0.39, 0.29) is 6.61 Å². The molecule has 2 heterocycles. The van der Waals surface area contributed by atoms with Crippen LogP contribution < -0.4 is 0 Å². The van der Waals surface area contributed by atoms with Gasteiger partial charge in [0.15, 0.2) is 5.89 Å². The van der Waals surface area contributed by atoms with E-state index in [9.17, 15) is 0 Å². The Kier molecular flexibility index (Phi) is 5.07. The Labute approximate surface area is 111 Å². The largest absolute Gasteiger partial charge is 0.449 e. The minimum atomic E-state index is 0.197. The third kappa shape index (κ3) is 4.19. The van der Waals surface area contributed by atoms with Crippen LogP contribution in [-0.2, 0) is 6.42 Å². The SMILES string of the molecule is OCCCc1ncco1.c1ccc2ncccc2c1. The molecule has 0 aliphatic rings. The lowest BCUT2D eigenvalue weighted by Gasteiger charge is -1.91. The van der Waals surface area contributed by atoms with Crippen LogP contribution in [0, 0.1) is 0 Å². The maximum atomic E-state index is 8.40. The first-order valence-electron chi connectivity index (χ1n) is 6.19. The van der Waals surface area contributed by atoms with Crippen molar-refractivity contribution in [2.75, 3.05) is 6.61 Å². The number of hydrogen-bond donors (Lipinski definition) is 1. The van der Waals surface area contributed by atoms with Gasteiger partial charge in [0, 0.05) is 24.6 Å². The van der Waals surface area contributed by atoms with E-state index in [1.807, 2.05) is 30.5 Å². The molecule has 0 spiro atoms. The van der Waals surface area contributed by atoms with Crippen LogP contribution in [0.25, 0.3) is 10.9 Å². The van der Waals surface area contributed by atoms with Crippen LogP contribution in [0.15, 0.2) is 59.5 Å². The monoisotopic (exact) mass is 256 g/mol. The number of oxazole rings is 1. The summed E-state index contributed by atoms with van der Waals surface area (Å²) < 4.78 is 4.91. The zero-order chi connectivity index (χ0) is 13.3. The fourth-order valence-corrected chi connectivity index (χ4v) is 1.62. The minimum absolute atomic E-state index is 0.197. The summed E-state index contributed by atoms with van der Waals surface area (Å²) in [5.74, 6) is 0.698. The maximum absolute atomic E-state index is 8.40. The smallest absolute Gasteiger partial charge is 0.193 e. The van der Waals surface area contributed by atoms with Crippen LogP contribution >= 0.6 is 0 Å². The van der Waals surface area contributed by atoms with Crippen LogP contribution in [-0.4, -0.2) is 21.7 Å². The molecule has 0 bridgehead atoms. The van der Waals surface area contributed by atoms with E-state index in [1.54, 1.807) is 6.20 Å². The first-order valence-corrected chi connectivity index (χ1v) is 6.19. The van der Waals surface area contributed by atoms with Gasteiger partial charge in [0.25, 0.3) is 0 Å². The summed E-state index contributed by atoms with van der Waals surface area (Å²) >= 11 is 0. The van der Waals surface area contributed by atoms with Gasteiger partial charge < -0.3 is 9.52 Å². The van der Waals surface area contributed by atoms with Crippen molar-refractivity contribution < 1.29 is 9.52 Å². The molecule has 0 unspecified atom stereocenters. The molecular formula is C15H16N2O2. The van der Waals surface area contributed by atoms with Gasteiger partial charge in [-0.1, -0.05) is 24.3 Å². The molecule has 0 fully saturated rings. The molecule has 0 saturated carbocycles. The van der Waals surface area contributed by atoms with Crippen molar-refractivity contribution in [2.45, 2.75) is 12.8 Å². The second kappa shape index (κ2) is 7.28. The molecule has 0 amide bonds. The number of nitrogens with zero attached hydrogens (tertiary/aromatic N) is 2. The normalized spacial score (nSPS) is 9.95. The molecule has 1 aromatic carbocycles. The summed E-state index contributed by atoms with van der Waals surface area (Å²) in [5, 5.41) is 9.59. The first-order chi connectivity index (χ1) is 9.40. The average Bonchev–Trinajstić information content (AvgIpc) is 2.99. The van der Waals surface area contributed by atoms with Crippen molar-refractivity contribution in [1.29, 1.82) is 0 Å². The highest BCUT2D eigenvalue weighted by molar-refractivity contribution is 5.77. The van der Waals surface area contributed by atoms with Crippen molar-refractivity contribution in [3.05, 3.63) is 60.9 Å². The number of pyridine rings is 1. The van der Waals surface area contributed by atoms with Gasteiger partial charge >= 0.3 is 0 Å². The number of aliphatic hydroxyl groups excluding tert-OH is 1. The molecule has 4 nitrogen and oxygen atoms in total. The third-order valence-electron chi connectivity index (χ3n) is 2.54. The van der Waals surface area contributed by atoms with Gasteiger partial charge in [0.2, 0.25) is 0 Å². The van der Waals surface area contributed by atoms with Gasteiger partial charge in [-0.3, -0.25) is 4.98 Å². The lowest BCUT2D eigenvalue weighted by Crippen LogP contribution is -1.88. The summed E-state index contributed by atoms with van der Waals surface area (Å²) in [6, 6.07) is 12.1. The number of aryl methyl sites for hydroxylation is 1. The van der Waals surface area contributed by atoms with Gasteiger partial charge in [0.1, 0.15) is 6.26 Å². The van der Waals surface area contributed by atoms with E-state index >= 15 is 0 Å². The van der Waals surface area contributed by atoms with E-state index < -0.39 is 0 Å². The Hall–Kier alpha value is -2.20. The Morgan fingerprint density at radius 1 is 1.00 bits per heavy atom. The molecule has 19 heavy (non-hydrogen) atoms. The van der Waals surface area contributed by atoms with Gasteiger partial charge in [-0.05, 0) is 18.6 Å². The van der Waals surface area contributed by atoms with E-state index in [0.717, 1.165) is 18.4 Å². The van der Waals surface area contributed by atoms with Crippen LogP contribution in [0.1, 0.15) is 12.3 Å². The molecule has 3 aromatic rings. The highest BCUT2D eigenvalue weighted by Crippen LogP contribution is 2.07. The Bertz CT molecular complexity index is 528. The summed E-state index contributed by atoms with van der Waals surface area (Å²) in [6.45, 7) is 0.197. The average molecular weight is 256 g/mol. The molecule has 0 aliphatic carbocycles. The lowest BCUT2D eigenvalue weighted by atomic mass is 10.2. The topological polar surface area (TPSA) is 59.2 Å². The van der Waals surface area contributed by atoms with Crippen molar-refractivity contribution in [3.8, 4) is 0 Å². The zero-order valence-electron chi connectivity index (χ0n) is 10.6. The van der Waals surface area contributed by atoms with Crippen molar-refractivity contribution in [3.63, 3.8) is 0 Å². The molecule has 0 aliphatic heterocycles. The quantitative estimate of drug-likeness (QED) is 0.782. The minimum Gasteiger partial charge on any atom is -0.449 e. The van der Waals surface area contributed by atoms with Gasteiger partial charge in [0.05, 0.1) is 11.7 Å². The summed E-state index contributed by atoms with van der Waals surface area (Å²) in [6.07, 6.45) is 6.39. The molecule has 0 radical (unpaired) electrons. The van der Waals surface area contributed by atoms with Crippen LogP contribution in [0.3, 0.4) is 0 Å². The standard InChI is InChI=1S/C9H7N.C6H9NO2/c1-2-6-9-8(4-1)5-3-7-10-9;8-4-1-2-6-7-3-5-9-6/h1-7H;3,5,8H,1-2,4H2. The van der Waals surface area contributed by atoms with E-state index in [4.69, 9.17) is 9.52 Å². The number of para-hydroxylation sites is 1. The van der Waals surface area contributed by atoms with E-state index in [1.165, 1.54) is 11.6 Å². The van der Waals surface area contributed by atoms with Crippen LogP contribution in [0.2, 0.25) is 0 Å². The second-order valence-corrected chi connectivity index (χ2v) is 3.95. The Morgan fingerprint density at radius 3 is 2.58 bits per heavy atom. The number of benzene rings is 1. The Morgan fingerprint density at radius 2 is 1.84 bits per heavy atom. The lowest BCUT2D eigenvalue weighted by molar-refractivity contribution is 0.283. The number of fused-ring (bicyclic) bond motifs is 1. The number of aliphatic hydroxyl groups is 1. The highest BCUT2D eigenvalue weighted by atomic mass is 16.3. The van der Waals surface area contributed by atoms with Gasteiger partial charge in [-0.15, -0.1) is 0 Å². The van der Waals surface area contributed by atoms with Crippen molar-refractivity contribution in [1.82, 2.24) is 9.97 Å². The fourth-order valence-electron chi connectivity index (χ4n) is 1.62. The number of hydrogen-bond acceptors (Lipinski definition) is 4. The third-order valence-corrected chi connectivity index (χ3v) is 2.54. The molecule has 4 heteroatoms. The molecule has 0 saturated heterocycles. The fraction of sp³-hybridized carbons (Fsp3) is 0.200. The van der Waals surface area contributed by atoms with Gasteiger partial charge in [-0.2, -0.15) is 0 Å². The number of rotatable bonds is 3. The van der Waals surface area contributed by atoms with Crippen LogP contribution in [0.4, 0.5) is 0 Å². The first kappa shape index (κ1) is 13.2. The van der Waals surface area contributed by atoms with Crippen LogP contribution in [0.5, 0.6) is 0 Å². The zero-order valence-corrected chi connectivity index (χ0v) is 10.6. The van der Waals surface area contributed by atoms with E-state index in [0.29, 0.717) is 5.89 Å². The molecular weight excluding hydrogens is 240 g/mol. The predicted molar refractivity (Wildman–Crippen MR) is 73.7 cm³/mol. The molecule has 98 valence electrons. The van der Waals surface area contributed by atoms with Gasteiger partial charge in [-0.25, -0.2) is 4.98 Å². The maximum Gasteiger partial charge on any atom is 0.193 e. The second-order valence-electron chi connectivity index (χ2n) is 3.95. The summed E-state index contributed by atoms with van der Waals surface area (Å²) in [4.78, 5) is 8.06. The predicted octanol–water partition coefficient (Wildman–Crippen LogP) is 2.83. The molecule has 1 N–H and O–H groups in total. The number of aromatic nitrogens is 2. The molecule has 0 atom stereocenters. The van der Waals surface area contributed by atoms with Crippen molar-refractivity contribution in [2.24, 2.45) is 0 Å². The molecule has 2 aromatic heterocycles. The molecule has 3 rings (SSSR count). The van der Waals surface area contributed by atoms with Crippen molar-refractivity contribution >= 4 is 10.9 Å². The van der Waals surface area contributed by atoms with E-state index in [2.05, 4.69) is 22.1 Å². The summed E-state index contributed by atoms with van der Waals surface area (Å²) in [7, 11) is 0. The Balaban J connectivity index is 0.000000141. The highest BCUT2D eigenvalue weighted by Gasteiger charge is 1.93.